The maximum atomic E-state index is 11.8. The molecule has 1 aliphatic rings. The summed E-state index contributed by atoms with van der Waals surface area (Å²) in [6.07, 6.45) is 2.51. The quantitative estimate of drug-likeness (QED) is 0.566. The highest BCUT2D eigenvalue weighted by Crippen LogP contribution is 2.41. The topological polar surface area (TPSA) is 26.3 Å². The van der Waals surface area contributed by atoms with Crippen molar-refractivity contribution in [1.82, 2.24) is 0 Å². The first kappa shape index (κ1) is 14.6. The van der Waals surface area contributed by atoms with Crippen molar-refractivity contribution in [2.75, 3.05) is 0 Å². The fraction of sp³-hybridized carbons (Fsp3) is 0.786. The van der Waals surface area contributed by atoms with E-state index in [4.69, 9.17) is 4.43 Å². The molecule has 1 saturated carbocycles. The van der Waals surface area contributed by atoms with Crippen LogP contribution in [0.3, 0.4) is 0 Å². The second-order valence-electron chi connectivity index (χ2n) is 6.69. The van der Waals surface area contributed by atoms with Gasteiger partial charge in [-0.1, -0.05) is 33.8 Å². The maximum absolute atomic E-state index is 11.8. The van der Waals surface area contributed by atoms with E-state index in [-0.39, 0.29) is 23.0 Å². The molecule has 0 spiro atoms. The smallest absolute Gasteiger partial charge is 0.192 e. The molecular weight excluding hydrogens is 228 g/mol. The van der Waals surface area contributed by atoms with Crippen LogP contribution in [0.25, 0.3) is 0 Å². The Kier molecular flexibility index (Phi) is 4.04. The van der Waals surface area contributed by atoms with Crippen LogP contribution in [0.5, 0.6) is 0 Å². The third-order valence-corrected chi connectivity index (χ3v) is 8.95. The van der Waals surface area contributed by atoms with Crippen molar-refractivity contribution in [3.8, 4) is 0 Å². The van der Waals surface area contributed by atoms with Gasteiger partial charge in [0, 0.05) is 18.3 Å². The maximum Gasteiger partial charge on any atom is 0.192 e. The highest BCUT2D eigenvalue weighted by atomic mass is 28.4. The largest absolute Gasteiger partial charge is 0.413 e. The lowest BCUT2D eigenvalue weighted by molar-refractivity contribution is -0.120. The van der Waals surface area contributed by atoms with E-state index in [1.807, 2.05) is 13.0 Å². The number of carbonyl (C=O) groups is 1. The van der Waals surface area contributed by atoms with E-state index in [1.54, 1.807) is 0 Å². The van der Waals surface area contributed by atoms with E-state index in [0.29, 0.717) is 12.2 Å². The molecule has 0 saturated heterocycles. The highest BCUT2D eigenvalue weighted by Gasteiger charge is 2.45. The van der Waals surface area contributed by atoms with Crippen LogP contribution in [0.15, 0.2) is 12.7 Å². The van der Waals surface area contributed by atoms with Gasteiger partial charge in [-0.3, -0.25) is 4.79 Å². The van der Waals surface area contributed by atoms with E-state index in [2.05, 4.69) is 40.4 Å². The van der Waals surface area contributed by atoms with Crippen LogP contribution in [0.1, 0.15) is 34.1 Å². The Hall–Kier alpha value is -0.413. The Morgan fingerprint density at radius 3 is 2.35 bits per heavy atom. The van der Waals surface area contributed by atoms with Crippen LogP contribution in [-0.2, 0) is 9.22 Å². The fourth-order valence-electron chi connectivity index (χ4n) is 2.09. The van der Waals surface area contributed by atoms with Gasteiger partial charge in [-0.05, 0) is 18.1 Å². The molecule has 1 rings (SSSR count). The Morgan fingerprint density at radius 1 is 1.41 bits per heavy atom. The zero-order valence-corrected chi connectivity index (χ0v) is 13.0. The lowest BCUT2D eigenvalue weighted by atomic mass is 9.97. The minimum atomic E-state index is -1.79. The molecule has 0 unspecified atom stereocenters. The number of carbonyl (C=O) groups excluding carboxylic acids is 1. The summed E-state index contributed by atoms with van der Waals surface area (Å²) in [5, 5.41) is 0.188. The van der Waals surface area contributed by atoms with Crippen molar-refractivity contribution in [3.05, 3.63) is 12.7 Å². The van der Waals surface area contributed by atoms with Gasteiger partial charge in [-0.15, -0.1) is 6.58 Å². The molecule has 0 radical (unpaired) electrons. The van der Waals surface area contributed by atoms with Crippen molar-refractivity contribution in [2.45, 2.75) is 58.4 Å². The molecule has 2 nitrogen and oxygen atoms in total. The summed E-state index contributed by atoms with van der Waals surface area (Å²) in [6, 6.07) is 0. The Morgan fingerprint density at radius 2 is 1.94 bits per heavy atom. The number of ketones is 1. The van der Waals surface area contributed by atoms with Gasteiger partial charge < -0.3 is 4.43 Å². The number of rotatable bonds is 3. The van der Waals surface area contributed by atoms with Gasteiger partial charge in [0.15, 0.2) is 8.32 Å². The first-order valence-corrected chi connectivity index (χ1v) is 9.34. The summed E-state index contributed by atoms with van der Waals surface area (Å²) in [4.78, 5) is 11.8. The average molecular weight is 254 g/mol. The van der Waals surface area contributed by atoms with E-state index in [1.165, 1.54) is 0 Å². The van der Waals surface area contributed by atoms with Crippen molar-refractivity contribution in [2.24, 2.45) is 11.8 Å². The molecule has 3 heteroatoms. The summed E-state index contributed by atoms with van der Waals surface area (Å²) in [5.41, 5.74) is 0. The lowest BCUT2D eigenvalue weighted by Gasteiger charge is -2.39. The van der Waals surface area contributed by atoms with Crippen molar-refractivity contribution >= 4 is 14.1 Å². The van der Waals surface area contributed by atoms with Gasteiger partial charge in [0.25, 0.3) is 0 Å². The third kappa shape index (κ3) is 2.88. The lowest BCUT2D eigenvalue weighted by Crippen LogP contribution is -2.44. The molecule has 0 heterocycles. The molecular formula is C14H26O2Si. The number of Topliss-reactive ketones (excluding diaryl/α,β-unsaturated/α-hetero) is 1. The van der Waals surface area contributed by atoms with Crippen molar-refractivity contribution in [1.29, 1.82) is 0 Å². The van der Waals surface area contributed by atoms with Gasteiger partial charge >= 0.3 is 0 Å². The standard InChI is InChI=1S/C14H26O2Si/c1-8-11-10(2)12(15)9-13(11)16-17(6,7)14(3,4)5/h8,10-11,13H,1,9H2,2-7H3/t10-,11-,13+/m1/s1. The summed E-state index contributed by atoms with van der Waals surface area (Å²) in [5.74, 6) is 0.581. The Balaban J connectivity index is 2.82. The molecule has 3 atom stereocenters. The monoisotopic (exact) mass is 254 g/mol. The zero-order valence-electron chi connectivity index (χ0n) is 12.0. The van der Waals surface area contributed by atoms with Gasteiger partial charge in [0.2, 0.25) is 0 Å². The molecule has 1 aliphatic carbocycles. The van der Waals surface area contributed by atoms with Crippen LogP contribution in [0.4, 0.5) is 0 Å². The predicted molar refractivity (Wildman–Crippen MR) is 74.5 cm³/mol. The second kappa shape index (κ2) is 4.69. The first-order valence-electron chi connectivity index (χ1n) is 6.43. The molecule has 98 valence electrons. The minimum absolute atomic E-state index is 0.0518. The van der Waals surface area contributed by atoms with E-state index >= 15 is 0 Å². The van der Waals surface area contributed by atoms with Gasteiger partial charge in [0.1, 0.15) is 5.78 Å². The Labute approximate surface area is 107 Å². The van der Waals surface area contributed by atoms with Crippen LogP contribution in [0.2, 0.25) is 18.1 Å². The summed E-state index contributed by atoms with van der Waals surface area (Å²) < 4.78 is 6.35. The first-order chi connectivity index (χ1) is 7.60. The van der Waals surface area contributed by atoms with Crippen molar-refractivity contribution < 1.29 is 9.22 Å². The predicted octanol–water partition coefficient (Wildman–Crippen LogP) is 3.79. The summed E-state index contributed by atoms with van der Waals surface area (Å²) in [7, 11) is -1.79. The van der Waals surface area contributed by atoms with Crippen LogP contribution >= 0.6 is 0 Å². The van der Waals surface area contributed by atoms with Crippen LogP contribution in [0, 0.1) is 11.8 Å². The van der Waals surface area contributed by atoms with E-state index in [0.717, 1.165) is 0 Å². The van der Waals surface area contributed by atoms with Gasteiger partial charge in [-0.25, -0.2) is 0 Å². The number of hydrogen-bond acceptors (Lipinski definition) is 2. The average Bonchev–Trinajstić information content (AvgIpc) is 2.39. The summed E-state index contributed by atoms with van der Waals surface area (Å²) >= 11 is 0. The van der Waals surface area contributed by atoms with Crippen LogP contribution < -0.4 is 0 Å². The molecule has 0 aliphatic heterocycles. The molecule has 0 amide bonds. The SMILES string of the molecule is C=C[C@H]1[C@@H](O[Si](C)(C)C(C)(C)C)CC(=O)[C@@H]1C. The fourth-order valence-corrected chi connectivity index (χ4v) is 3.44. The second-order valence-corrected chi connectivity index (χ2v) is 11.4. The van der Waals surface area contributed by atoms with E-state index in [9.17, 15) is 4.79 Å². The molecule has 0 aromatic rings. The molecule has 0 aromatic carbocycles. The van der Waals surface area contributed by atoms with Crippen molar-refractivity contribution in [3.63, 3.8) is 0 Å². The Bertz CT molecular complexity index is 315. The molecule has 17 heavy (non-hydrogen) atoms. The van der Waals surface area contributed by atoms with E-state index < -0.39 is 8.32 Å². The minimum Gasteiger partial charge on any atom is -0.413 e. The normalized spacial score (nSPS) is 30.7. The highest BCUT2D eigenvalue weighted by molar-refractivity contribution is 6.74. The molecule has 0 aromatic heterocycles. The molecule has 1 fully saturated rings. The van der Waals surface area contributed by atoms with Gasteiger partial charge in [0.05, 0.1) is 6.10 Å². The molecule has 0 bridgehead atoms. The molecule has 0 N–H and O–H groups in total. The third-order valence-electron chi connectivity index (χ3n) is 4.44. The zero-order chi connectivity index (χ0) is 13.4. The van der Waals surface area contributed by atoms with Crippen LogP contribution in [-0.4, -0.2) is 20.2 Å². The summed E-state index contributed by atoms with van der Waals surface area (Å²) in [6.45, 7) is 17.0. The van der Waals surface area contributed by atoms with Gasteiger partial charge in [-0.2, -0.15) is 0 Å². The number of hydrogen-bond donors (Lipinski definition) is 0.